The fourth-order valence-corrected chi connectivity index (χ4v) is 2.79. The standard InChI is InChI=1S/C20H19N5O2/c1-3-13-5-4-6-14(9-13)23-19-21-11-12(2)18(25-19)22-15-7-8-17-16(10-15)24-20(26)27-17/h4-11H,3H2,1-2H3,(H,24,26)(H2,21,22,23,25). The predicted molar refractivity (Wildman–Crippen MR) is 106 cm³/mol. The molecule has 0 bridgehead atoms. The number of aromatic amines is 1. The van der Waals surface area contributed by atoms with Gasteiger partial charge in [-0.2, -0.15) is 4.98 Å². The molecule has 0 atom stereocenters. The van der Waals surface area contributed by atoms with Gasteiger partial charge in [0.25, 0.3) is 0 Å². The third-order valence-electron chi connectivity index (χ3n) is 4.24. The van der Waals surface area contributed by atoms with E-state index in [0.717, 1.165) is 23.4 Å². The van der Waals surface area contributed by atoms with Crippen LogP contribution in [0.4, 0.5) is 23.1 Å². The number of fused-ring (bicyclic) bond motifs is 1. The molecule has 0 aliphatic heterocycles. The molecule has 0 fully saturated rings. The molecule has 4 rings (SSSR count). The van der Waals surface area contributed by atoms with Crippen molar-refractivity contribution >= 4 is 34.2 Å². The number of hydrogen-bond donors (Lipinski definition) is 3. The lowest BCUT2D eigenvalue weighted by molar-refractivity contribution is 0.555. The number of anilines is 4. The van der Waals surface area contributed by atoms with E-state index in [9.17, 15) is 4.79 Å². The van der Waals surface area contributed by atoms with Crippen LogP contribution in [0.5, 0.6) is 0 Å². The largest absolute Gasteiger partial charge is 0.417 e. The highest BCUT2D eigenvalue weighted by Crippen LogP contribution is 2.23. The van der Waals surface area contributed by atoms with Gasteiger partial charge in [0.15, 0.2) is 5.58 Å². The smallest absolute Gasteiger partial charge is 0.408 e. The van der Waals surface area contributed by atoms with Gasteiger partial charge in [-0.3, -0.25) is 4.98 Å². The zero-order valence-electron chi connectivity index (χ0n) is 15.0. The fourth-order valence-electron chi connectivity index (χ4n) is 2.79. The summed E-state index contributed by atoms with van der Waals surface area (Å²) in [4.78, 5) is 22.9. The summed E-state index contributed by atoms with van der Waals surface area (Å²) in [5.74, 6) is 0.722. The summed E-state index contributed by atoms with van der Waals surface area (Å²) in [7, 11) is 0. The van der Waals surface area contributed by atoms with Gasteiger partial charge in [0.2, 0.25) is 5.95 Å². The average molecular weight is 361 g/mol. The second kappa shape index (κ2) is 6.95. The molecule has 2 aromatic heterocycles. The molecular formula is C20H19N5O2. The summed E-state index contributed by atoms with van der Waals surface area (Å²) in [6.07, 6.45) is 2.73. The Morgan fingerprint density at radius 3 is 2.81 bits per heavy atom. The predicted octanol–water partition coefficient (Wildman–Crippen LogP) is 4.27. The molecule has 0 unspecified atom stereocenters. The number of aromatic nitrogens is 3. The van der Waals surface area contributed by atoms with Crippen molar-refractivity contribution in [3.8, 4) is 0 Å². The minimum absolute atomic E-state index is 0.471. The zero-order chi connectivity index (χ0) is 18.8. The maximum atomic E-state index is 11.3. The van der Waals surface area contributed by atoms with Gasteiger partial charge < -0.3 is 15.1 Å². The Bertz CT molecular complexity index is 1160. The van der Waals surface area contributed by atoms with Gasteiger partial charge in [-0.05, 0) is 49.2 Å². The number of benzene rings is 2. The number of oxazole rings is 1. The van der Waals surface area contributed by atoms with Gasteiger partial charge in [-0.1, -0.05) is 19.1 Å². The highest BCUT2D eigenvalue weighted by atomic mass is 16.4. The van der Waals surface area contributed by atoms with E-state index in [1.807, 2.05) is 25.1 Å². The molecule has 7 nitrogen and oxygen atoms in total. The lowest BCUT2D eigenvalue weighted by Gasteiger charge is -2.11. The number of nitrogens with zero attached hydrogens (tertiary/aromatic N) is 2. The number of rotatable bonds is 5. The van der Waals surface area contributed by atoms with E-state index in [-0.39, 0.29) is 0 Å². The van der Waals surface area contributed by atoms with Crippen molar-refractivity contribution in [1.82, 2.24) is 15.0 Å². The summed E-state index contributed by atoms with van der Waals surface area (Å²) in [6, 6.07) is 13.5. The van der Waals surface area contributed by atoms with E-state index in [2.05, 4.69) is 44.6 Å². The van der Waals surface area contributed by atoms with E-state index in [4.69, 9.17) is 4.42 Å². The first-order chi connectivity index (χ1) is 13.1. The van der Waals surface area contributed by atoms with Crippen molar-refractivity contribution in [2.45, 2.75) is 20.3 Å². The molecule has 2 heterocycles. The molecule has 0 saturated carbocycles. The number of H-pyrrole nitrogens is 1. The Labute approximate surface area is 155 Å². The fraction of sp³-hybridized carbons (Fsp3) is 0.150. The van der Waals surface area contributed by atoms with Crippen LogP contribution in [-0.2, 0) is 6.42 Å². The Balaban J connectivity index is 1.60. The highest BCUT2D eigenvalue weighted by molar-refractivity contribution is 5.78. The van der Waals surface area contributed by atoms with Crippen LogP contribution >= 0.6 is 0 Å². The van der Waals surface area contributed by atoms with Crippen LogP contribution in [0.25, 0.3) is 11.1 Å². The Kier molecular flexibility index (Phi) is 4.33. The van der Waals surface area contributed by atoms with Gasteiger partial charge in [0.1, 0.15) is 5.82 Å². The van der Waals surface area contributed by atoms with Gasteiger partial charge in [0.05, 0.1) is 5.52 Å². The van der Waals surface area contributed by atoms with Gasteiger partial charge in [-0.25, -0.2) is 9.78 Å². The molecular weight excluding hydrogens is 342 g/mol. The zero-order valence-corrected chi connectivity index (χ0v) is 15.0. The SMILES string of the molecule is CCc1cccc(Nc2ncc(C)c(Nc3ccc4oc(=O)[nH]c4c3)n2)c1. The third-order valence-corrected chi connectivity index (χ3v) is 4.24. The molecule has 136 valence electrons. The van der Waals surface area contributed by atoms with Crippen molar-refractivity contribution in [2.75, 3.05) is 10.6 Å². The number of aryl methyl sites for hydroxylation is 2. The van der Waals surface area contributed by atoms with E-state index in [0.29, 0.717) is 22.9 Å². The van der Waals surface area contributed by atoms with Gasteiger partial charge in [0, 0.05) is 23.1 Å². The van der Waals surface area contributed by atoms with Crippen LogP contribution in [0.3, 0.4) is 0 Å². The summed E-state index contributed by atoms with van der Waals surface area (Å²) < 4.78 is 5.03. The minimum Gasteiger partial charge on any atom is -0.408 e. The number of nitrogens with one attached hydrogen (secondary N) is 3. The van der Waals surface area contributed by atoms with Crippen molar-refractivity contribution in [1.29, 1.82) is 0 Å². The van der Waals surface area contributed by atoms with E-state index in [1.54, 1.807) is 18.3 Å². The number of hydrogen-bond acceptors (Lipinski definition) is 6. The lowest BCUT2D eigenvalue weighted by Crippen LogP contribution is -2.03. The first-order valence-electron chi connectivity index (χ1n) is 8.70. The van der Waals surface area contributed by atoms with Crippen LogP contribution in [0.2, 0.25) is 0 Å². The normalized spacial score (nSPS) is 10.9. The van der Waals surface area contributed by atoms with Gasteiger partial charge >= 0.3 is 5.76 Å². The van der Waals surface area contributed by atoms with Crippen LogP contribution in [0.1, 0.15) is 18.1 Å². The lowest BCUT2D eigenvalue weighted by atomic mass is 10.1. The molecule has 27 heavy (non-hydrogen) atoms. The first-order valence-corrected chi connectivity index (χ1v) is 8.70. The summed E-state index contributed by atoms with van der Waals surface area (Å²) in [6.45, 7) is 4.05. The maximum Gasteiger partial charge on any atom is 0.417 e. The first kappa shape index (κ1) is 16.8. The van der Waals surface area contributed by atoms with E-state index >= 15 is 0 Å². The van der Waals surface area contributed by atoms with Gasteiger partial charge in [-0.15, -0.1) is 0 Å². The molecule has 3 N–H and O–H groups in total. The second-order valence-corrected chi connectivity index (χ2v) is 6.25. The topological polar surface area (TPSA) is 95.8 Å². The van der Waals surface area contributed by atoms with E-state index < -0.39 is 5.76 Å². The Hall–Kier alpha value is -3.61. The molecule has 0 aliphatic rings. The second-order valence-electron chi connectivity index (χ2n) is 6.25. The Morgan fingerprint density at radius 2 is 1.96 bits per heavy atom. The summed E-state index contributed by atoms with van der Waals surface area (Å²) >= 11 is 0. The summed E-state index contributed by atoms with van der Waals surface area (Å²) in [5, 5.41) is 6.51. The molecule has 0 saturated heterocycles. The van der Waals surface area contributed by atoms with E-state index in [1.165, 1.54) is 5.56 Å². The maximum absolute atomic E-state index is 11.3. The van der Waals surface area contributed by atoms with Crippen molar-refractivity contribution in [2.24, 2.45) is 0 Å². The highest BCUT2D eigenvalue weighted by Gasteiger charge is 2.07. The van der Waals surface area contributed by atoms with Crippen molar-refractivity contribution < 1.29 is 4.42 Å². The molecule has 7 heteroatoms. The van der Waals surface area contributed by atoms with Crippen molar-refractivity contribution in [3.05, 3.63) is 70.3 Å². The molecule has 0 aliphatic carbocycles. The van der Waals surface area contributed by atoms with Crippen molar-refractivity contribution in [3.63, 3.8) is 0 Å². The van der Waals surface area contributed by atoms with Crippen LogP contribution < -0.4 is 16.4 Å². The molecule has 4 aromatic rings. The van der Waals surface area contributed by atoms with Crippen LogP contribution in [0.15, 0.2) is 57.9 Å². The molecule has 0 radical (unpaired) electrons. The molecule has 2 aromatic carbocycles. The molecule has 0 spiro atoms. The quantitative estimate of drug-likeness (QED) is 0.491. The minimum atomic E-state index is -0.471. The monoisotopic (exact) mass is 361 g/mol. The molecule has 0 amide bonds. The third kappa shape index (κ3) is 3.67. The Morgan fingerprint density at radius 1 is 1.11 bits per heavy atom. The van der Waals surface area contributed by atoms with Crippen LogP contribution in [-0.4, -0.2) is 15.0 Å². The summed E-state index contributed by atoms with van der Waals surface area (Å²) in [5.41, 5.74) is 5.04. The van der Waals surface area contributed by atoms with Crippen LogP contribution in [0, 0.1) is 6.92 Å². The average Bonchev–Trinajstić information content (AvgIpc) is 3.04.